The van der Waals surface area contributed by atoms with Gasteiger partial charge in [0.25, 0.3) is 5.91 Å². The minimum atomic E-state index is -0.0351. The molecule has 3 aromatic rings. The zero-order valence-corrected chi connectivity index (χ0v) is 15.8. The molecule has 1 fully saturated rings. The molecule has 0 radical (unpaired) electrons. The van der Waals surface area contributed by atoms with Crippen LogP contribution in [0.5, 0.6) is 0 Å². The first kappa shape index (κ1) is 16.6. The Morgan fingerprint density at radius 3 is 2.88 bits per heavy atom. The number of amides is 1. The molecule has 25 heavy (non-hydrogen) atoms. The van der Waals surface area contributed by atoms with Crippen molar-refractivity contribution < 1.29 is 9.21 Å². The molecule has 0 bridgehead atoms. The summed E-state index contributed by atoms with van der Waals surface area (Å²) in [6.07, 6.45) is 2.44. The van der Waals surface area contributed by atoms with E-state index < -0.39 is 0 Å². The molecule has 1 aliphatic rings. The van der Waals surface area contributed by atoms with Crippen LogP contribution in [-0.2, 0) is 5.75 Å². The summed E-state index contributed by atoms with van der Waals surface area (Å²) in [5.74, 6) is 1.72. The molecule has 1 aliphatic carbocycles. The van der Waals surface area contributed by atoms with Crippen LogP contribution in [0.2, 0.25) is 0 Å². The third kappa shape index (κ3) is 3.57. The Labute approximate surface area is 154 Å². The number of furan rings is 1. The number of rotatable bonds is 6. The van der Waals surface area contributed by atoms with E-state index in [9.17, 15) is 4.79 Å². The first-order valence-electron chi connectivity index (χ1n) is 8.30. The third-order valence-corrected chi connectivity index (χ3v) is 6.31. The van der Waals surface area contributed by atoms with Gasteiger partial charge in [-0.2, -0.15) is 0 Å². The van der Waals surface area contributed by atoms with E-state index in [1.807, 2.05) is 38.2 Å². The molecule has 7 heteroatoms. The predicted octanol–water partition coefficient (Wildman–Crippen LogP) is 4.37. The monoisotopic (exact) mass is 373 g/mol. The van der Waals surface area contributed by atoms with E-state index in [2.05, 4.69) is 10.2 Å². The van der Waals surface area contributed by atoms with Crippen LogP contribution < -0.4 is 0 Å². The summed E-state index contributed by atoms with van der Waals surface area (Å²) >= 11 is 3.16. The molecule has 1 saturated carbocycles. The molecule has 1 aromatic carbocycles. The van der Waals surface area contributed by atoms with Crippen molar-refractivity contribution in [2.24, 2.45) is 5.92 Å². The van der Waals surface area contributed by atoms with Crippen LogP contribution >= 0.6 is 23.1 Å². The number of para-hydroxylation sites is 1. The van der Waals surface area contributed by atoms with E-state index in [1.54, 1.807) is 28.0 Å². The second-order valence-electron chi connectivity index (χ2n) is 6.41. The smallest absolute Gasteiger partial charge is 0.289 e. The first-order chi connectivity index (χ1) is 12.1. The molecule has 130 valence electrons. The van der Waals surface area contributed by atoms with Crippen molar-refractivity contribution in [3.8, 4) is 0 Å². The van der Waals surface area contributed by atoms with Gasteiger partial charge in [-0.25, -0.2) is 0 Å². The largest absolute Gasteiger partial charge is 0.451 e. The summed E-state index contributed by atoms with van der Waals surface area (Å²) < 4.78 is 6.85. The summed E-state index contributed by atoms with van der Waals surface area (Å²) in [5, 5.41) is 10.2. The van der Waals surface area contributed by atoms with E-state index in [4.69, 9.17) is 4.42 Å². The second-order valence-corrected chi connectivity index (χ2v) is 8.81. The SMILES string of the molecule is Cc1nnc(SCc2c(C(=O)N(C)CC3CC3)oc3ccccc23)s1. The van der Waals surface area contributed by atoms with Crippen LogP contribution in [0, 0.1) is 12.8 Å². The molecule has 1 amide bonds. The number of carbonyl (C=O) groups is 1. The molecule has 2 aromatic heterocycles. The molecule has 0 saturated heterocycles. The zero-order chi connectivity index (χ0) is 17.4. The lowest BCUT2D eigenvalue weighted by Crippen LogP contribution is -2.29. The molecule has 0 unspecified atom stereocenters. The molecule has 0 N–H and O–H groups in total. The zero-order valence-electron chi connectivity index (χ0n) is 14.2. The number of aromatic nitrogens is 2. The Bertz CT molecular complexity index is 914. The number of benzene rings is 1. The maximum absolute atomic E-state index is 12.9. The van der Waals surface area contributed by atoms with Crippen LogP contribution in [0.1, 0.15) is 34.0 Å². The minimum absolute atomic E-state index is 0.0351. The molecule has 0 spiro atoms. The molecule has 2 heterocycles. The summed E-state index contributed by atoms with van der Waals surface area (Å²) in [6, 6.07) is 7.83. The van der Waals surface area contributed by atoms with Gasteiger partial charge >= 0.3 is 0 Å². The van der Waals surface area contributed by atoms with Gasteiger partial charge in [-0.15, -0.1) is 10.2 Å². The maximum Gasteiger partial charge on any atom is 0.289 e. The van der Waals surface area contributed by atoms with E-state index >= 15 is 0 Å². The fraction of sp³-hybridized carbons (Fsp3) is 0.389. The Hall–Kier alpha value is -1.86. The van der Waals surface area contributed by atoms with Crippen LogP contribution in [0.15, 0.2) is 33.0 Å². The molecule has 0 atom stereocenters. The topological polar surface area (TPSA) is 59.2 Å². The van der Waals surface area contributed by atoms with E-state index in [1.165, 1.54) is 12.8 Å². The lowest BCUT2D eigenvalue weighted by atomic mass is 10.1. The van der Waals surface area contributed by atoms with Gasteiger partial charge in [0.15, 0.2) is 10.1 Å². The normalized spacial score (nSPS) is 14.2. The highest BCUT2D eigenvalue weighted by molar-refractivity contribution is 8.00. The van der Waals surface area contributed by atoms with Crippen LogP contribution in [0.25, 0.3) is 11.0 Å². The van der Waals surface area contributed by atoms with Crippen molar-refractivity contribution in [1.82, 2.24) is 15.1 Å². The number of hydrogen-bond donors (Lipinski definition) is 0. The summed E-state index contributed by atoms with van der Waals surface area (Å²) in [6.45, 7) is 2.74. The lowest BCUT2D eigenvalue weighted by Gasteiger charge is -2.15. The third-order valence-electron chi connectivity index (χ3n) is 4.32. The van der Waals surface area contributed by atoms with Crippen molar-refractivity contribution in [2.45, 2.75) is 29.9 Å². The number of aryl methyl sites for hydroxylation is 1. The van der Waals surface area contributed by atoms with Gasteiger partial charge in [0.05, 0.1) is 0 Å². The highest BCUT2D eigenvalue weighted by Crippen LogP contribution is 2.34. The summed E-state index contributed by atoms with van der Waals surface area (Å²) in [7, 11) is 1.86. The average Bonchev–Trinajstić information content (AvgIpc) is 3.20. The fourth-order valence-corrected chi connectivity index (χ4v) is 4.67. The van der Waals surface area contributed by atoms with Gasteiger partial charge in [-0.3, -0.25) is 4.79 Å². The minimum Gasteiger partial charge on any atom is -0.451 e. The molecular formula is C18H19N3O2S2. The molecule has 0 aliphatic heterocycles. The first-order valence-corrected chi connectivity index (χ1v) is 10.1. The van der Waals surface area contributed by atoms with Gasteiger partial charge in [-0.05, 0) is 31.7 Å². The van der Waals surface area contributed by atoms with E-state index in [0.29, 0.717) is 17.4 Å². The number of carbonyl (C=O) groups excluding carboxylic acids is 1. The van der Waals surface area contributed by atoms with Crippen molar-refractivity contribution in [1.29, 1.82) is 0 Å². The predicted molar refractivity (Wildman–Crippen MR) is 100 cm³/mol. The van der Waals surface area contributed by atoms with E-state index in [-0.39, 0.29) is 5.91 Å². The Kier molecular flexibility index (Phi) is 4.52. The summed E-state index contributed by atoms with van der Waals surface area (Å²) in [5.41, 5.74) is 1.70. The quantitative estimate of drug-likeness (QED) is 0.601. The van der Waals surface area contributed by atoms with E-state index in [0.717, 1.165) is 32.4 Å². The standard InChI is InChI=1S/C18H19N3O2S2/c1-11-19-20-18(25-11)24-10-14-13-5-3-4-6-15(13)23-16(14)17(22)21(2)9-12-7-8-12/h3-6,12H,7-10H2,1-2H3. The summed E-state index contributed by atoms with van der Waals surface area (Å²) in [4.78, 5) is 14.7. The van der Waals surface area contributed by atoms with Gasteiger partial charge in [-0.1, -0.05) is 41.3 Å². The Morgan fingerprint density at radius 1 is 1.36 bits per heavy atom. The Balaban J connectivity index is 1.63. The molecule has 4 rings (SSSR count). The Morgan fingerprint density at radius 2 is 2.16 bits per heavy atom. The number of thioether (sulfide) groups is 1. The second kappa shape index (κ2) is 6.80. The molecular weight excluding hydrogens is 354 g/mol. The highest BCUT2D eigenvalue weighted by atomic mass is 32.2. The fourth-order valence-electron chi connectivity index (χ4n) is 2.83. The van der Waals surface area contributed by atoms with Gasteiger partial charge in [0.2, 0.25) is 0 Å². The van der Waals surface area contributed by atoms with Gasteiger partial charge < -0.3 is 9.32 Å². The average molecular weight is 374 g/mol. The van der Waals surface area contributed by atoms with Gasteiger partial charge in [0, 0.05) is 30.3 Å². The van der Waals surface area contributed by atoms with Crippen LogP contribution in [0.4, 0.5) is 0 Å². The number of hydrogen-bond acceptors (Lipinski definition) is 6. The number of fused-ring (bicyclic) bond motifs is 1. The van der Waals surface area contributed by atoms with Crippen molar-refractivity contribution >= 4 is 40.0 Å². The molecule has 5 nitrogen and oxygen atoms in total. The maximum atomic E-state index is 12.9. The van der Waals surface area contributed by atoms with Crippen LogP contribution in [-0.4, -0.2) is 34.6 Å². The van der Waals surface area contributed by atoms with Crippen LogP contribution in [0.3, 0.4) is 0 Å². The lowest BCUT2D eigenvalue weighted by molar-refractivity contribution is 0.0758. The van der Waals surface area contributed by atoms with Crippen molar-refractivity contribution in [3.63, 3.8) is 0 Å². The number of nitrogens with zero attached hydrogens (tertiary/aromatic N) is 3. The highest BCUT2D eigenvalue weighted by Gasteiger charge is 2.28. The van der Waals surface area contributed by atoms with Crippen molar-refractivity contribution in [3.05, 3.63) is 40.6 Å². The van der Waals surface area contributed by atoms with Gasteiger partial charge in [0.1, 0.15) is 10.6 Å². The van der Waals surface area contributed by atoms with Crippen molar-refractivity contribution in [2.75, 3.05) is 13.6 Å².